The molecule has 7 saturated carbocycles. The standard InChI is InChI=1S/C10H20.3C8H16.C7H14.2C6H12.C6H14/c1-8-9(2,3)6-7-10(8,4)5;1-6-4-7(2)8(3)5-6;1-7-5-4-6-8(7,2)3;1-6-4-5-7(2)8(6)3;1-6-4-3-5-7(6)2;1-6-4-2-3-5-6;1-2-6-4-3-5-6;1-4-5-6(2)3/h8H,6-7H2,1-5H3;6-8H,4-5H2,1-3H3;7H,4-6H2,1-3H3;6-8H,4-5H2,1-3H3;6-7H,3-5H2,1-2H3;2*6H,2-5H2,1H3;6H,4-5H2,1-3H3/t;;7-;;6-,7?;;;/m..1.1.../s1. The van der Waals surface area contributed by atoms with Gasteiger partial charge in [-0.05, 0) is 125 Å². The Kier molecular flexibility index (Phi) is 30.2. The number of hydrogen-bond donors (Lipinski definition) is 0. The number of hydrogen-bond acceptors (Lipinski definition) is 0. The Hall–Kier alpha value is 0. The van der Waals surface area contributed by atoms with Crippen molar-refractivity contribution in [3.05, 3.63) is 0 Å². The molecule has 0 saturated heterocycles. The van der Waals surface area contributed by atoms with Gasteiger partial charge in [-0.3, -0.25) is 0 Å². The maximum Gasteiger partial charge on any atom is -0.0323 e. The van der Waals surface area contributed by atoms with Gasteiger partial charge in [0.2, 0.25) is 0 Å². The van der Waals surface area contributed by atoms with Crippen LogP contribution in [0, 0.1) is 93.2 Å². The highest BCUT2D eigenvalue weighted by Gasteiger charge is 2.43. The minimum Gasteiger partial charge on any atom is -0.0654 e. The molecule has 7 fully saturated rings. The molecule has 0 aromatic carbocycles. The minimum absolute atomic E-state index is 0.587. The van der Waals surface area contributed by atoms with E-state index in [2.05, 4.69) is 145 Å². The van der Waals surface area contributed by atoms with Crippen molar-refractivity contribution in [1.29, 1.82) is 0 Å². The molecule has 7 atom stereocenters. The van der Waals surface area contributed by atoms with Gasteiger partial charge in [-0.2, -0.15) is 0 Å². The quantitative estimate of drug-likeness (QED) is 0.266. The molecule has 7 aliphatic carbocycles. The maximum atomic E-state index is 2.40. The summed E-state index contributed by atoms with van der Waals surface area (Å²) in [5.41, 5.74) is 1.83. The van der Waals surface area contributed by atoms with E-state index >= 15 is 0 Å². The van der Waals surface area contributed by atoms with E-state index in [9.17, 15) is 0 Å². The molecule has 0 aliphatic heterocycles. The fourth-order valence-electron chi connectivity index (χ4n) is 11.0. The first-order valence-corrected chi connectivity index (χ1v) is 27.3. The average molecular weight is 830 g/mol. The fourth-order valence-corrected chi connectivity index (χ4v) is 11.0. The topological polar surface area (TPSA) is 0 Å². The molecule has 0 aromatic heterocycles. The van der Waals surface area contributed by atoms with Crippen molar-refractivity contribution in [2.24, 2.45) is 93.2 Å². The van der Waals surface area contributed by atoms with Crippen molar-refractivity contribution >= 4 is 0 Å². The fraction of sp³-hybridized carbons (Fsp3) is 1.00. The van der Waals surface area contributed by atoms with Crippen LogP contribution in [0.5, 0.6) is 0 Å². The van der Waals surface area contributed by atoms with Crippen LogP contribution in [0.25, 0.3) is 0 Å². The Balaban J connectivity index is 0.000000655. The van der Waals surface area contributed by atoms with E-state index in [0.717, 1.165) is 76.9 Å². The van der Waals surface area contributed by atoms with E-state index < -0.39 is 0 Å². The van der Waals surface area contributed by atoms with Gasteiger partial charge in [0.05, 0.1) is 0 Å². The lowest BCUT2D eigenvalue weighted by atomic mass is 9.74. The third-order valence-corrected chi connectivity index (χ3v) is 18.5. The first-order valence-electron chi connectivity index (χ1n) is 27.3. The largest absolute Gasteiger partial charge is 0.0654 e. The van der Waals surface area contributed by atoms with E-state index in [-0.39, 0.29) is 0 Å². The van der Waals surface area contributed by atoms with Gasteiger partial charge >= 0.3 is 0 Å². The summed E-state index contributed by atoms with van der Waals surface area (Å²) < 4.78 is 0. The molecular formula is C59H120. The van der Waals surface area contributed by atoms with E-state index in [0.29, 0.717) is 16.2 Å². The van der Waals surface area contributed by atoms with Crippen LogP contribution >= 0.6 is 0 Å². The predicted octanol–water partition coefficient (Wildman–Crippen LogP) is 21.0. The summed E-state index contributed by atoms with van der Waals surface area (Å²) in [4.78, 5) is 0. The Morgan fingerprint density at radius 1 is 0.424 bits per heavy atom. The zero-order chi connectivity index (χ0) is 45.6. The molecule has 0 N–H and O–H groups in total. The summed E-state index contributed by atoms with van der Waals surface area (Å²) in [7, 11) is 0. The third-order valence-electron chi connectivity index (χ3n) is 18.5. The molecule has 0 aromatic rings. The van der Waals surface area contributed by atoms with Gasteiger partial charge in [0.1, 0.15) is 0 Å². The molecule has 356 valence electrons. The van der Waals surface area contributed by atoms with Crippen LogP contribution in [-0.4, -0.2) is 0 Å². The minimum atomic E-state index is 0.587. The zero-order valence-electron chi connectivity index (χ0n) is 45.6. The Bertz CT molecular complexity index is 925. The van der Waals surface area contributed by atoms with E-state index in [1.165, 1.54) is 141 Å². The SMILES string of the molecule is CC1C(C)(C)CCC1(C)C.CC1CC(C)C(C)C1.CC1CCC(C)C1C.CC1CCCC1.CC1CCC[C@H]1C.CCC1CCC1.CCCC(C)C.C[C@@H]1CCCC1(C)C. The monoisotopic (exact) mass is 829 g/mol. The maximum absolute atomic E-state index is 2.40. The lowest BCUT2D eigenvalue weighted by Gasteiger charge is -2.31. The summed E-state index contributed by atoms with van der Waals surface area (Å²) in [6.07, 6.45) is 32.0. The normalized spacial score (nSPS) is 34.0. The van der Waals surface area contributed by atoms with Gasteiger partial charge < -0.3 is 0 Å². The van der Waals surface area contributed by atoms with Crippen LogP contribution in [0.2, 0.25) is 0 Å². The van der Waals surface area contributed by atoms with E-state index in [1.54, 1.807) is 0 Å². The van der Waals surface area contributed by atoms with Crippen LogP contribution in [0.1, 0.15) is 287 Å². The van der Waals surface area contributed by atoms with Crippen LogP contribution in [0.4, 0.5) is 0 Å². The lowest BCUT2D eigenvalue weighted by molar-refractivity contribution is 0.179. The molecule has 0 nitrogen and oxygen atoms in total. The Labute approximate surface area is 378 Å². The predicted molar refractivity (Wildman–Crippen MR) is 273 cm³/mol. The second-order valence-corrected chi connectivity index (χ2v) is 25.6. The summed E-state index contributed by atoms with van der Waals surface area (Å²) in [5, 5.41) is 0. The van der Waals surface area contributed by atoms with Crippen LogP contribution in [0.3, 0.4) is 0 Å². The average Bonchev–Trinajstić information content (AvgIpc) is 3.98. The van der Waals surface area contributed by atoms with Crippen LogP contribution in [0.15, 0.2) is 0 Å². The summed E-state index contributed by atoms with van der Waals surface area (Å²) in [6.45, 7) is 49.4. The second-order valence-electron chi connectivity index (χ2n) is 25.6. The molecule has 0 heteroatoms. The van der Waals surface area contributed by atoms with Gasteiger partial charge in [0, 0.05) is 0 Å². The van der Waals surface area contributed by atoms with Crippen LogP contribution < -0.4 is 0 Å². The van der Waals surface area contributed by atoms with Crippen molar-refractivity contribution in [3.8, 4) is 0 Å². The van der Waals surface area contributed by atoms with Crippen molar-refractivity contribution in [2.75, 3.05) is 0 Å². The highest BCUT2D eigenvalue weighted by molar-refractivity contribution is 4.93. The first-order chi connectivity index (χ1) is 27.3. The molecule has 0 amide bonds. The van der Waals surface area contributed by atoms with Crippen LogP contribution in [-0.2, 0) is 0 Å². The molecule has 59 heavy (non-hydrogen) atoms. The second kappa shape index (κ2) is 30.2. The molecule has 0 bridgehead atoms. The Morgan fingerprint density at radius 3 is 0.966 bits per heavy atom. The van der Waals surface area contributed by atoms with Gasteiger partial charge in [-0.25, -0.2) is 0 Å². The number of rotatable bonds is 3. The molecule has 7 rings (SSSR count). The van der Waals surface area contributed by atoms with E-state index in [1.807, 2.05) is 0 Å². The third kappa shape index (κ3) is 25.2. The zero-order valence-corrected chi connectivity index (χ0v) is 45.6. The summed E-state index contributed by atoms with van der Waals surface area (Å²) >= 11 is 0. The lowest BCUT2D eigenvalue weighted by Crippen LogP contribution is -2.24. The molecule has 5 unspecified atom stereocenters. The van der Waals surface area contributed by atoms with Gasteiger partial charge in [-0.1, -0.05) is 255 Å². The first kappa shape index (κ1) is 59.0. The highest BCUT2D eigenvalue weighted by atomic mass is 14.5. The van der Waals surface area contributed by atoms with Crippen molar-refractivity contribution in [1.82, 2.24) is 0 Å². The molecule has 0 radical (unpaired) electrons. The molecule has 0 spiro atoms. The van der Waals surface area contributed by atoms with Crippen molar-refractivity contribution in [2.45, 2.75) is 287 Å². The summed E-state index contributed by atoms with van der Waals surface area (Å²) in [5.74, 6) is 12.9. The van der Waals surface area contributed by atoms with Gasteiger partial charge in [-0.15, -0.1) is 0 Å². The van der Waals surface area contributed by atoms with E-state index in [4.69, 9.17) is 0 Å². The Morgan fingerprint density at radius 2 is 0.864 bits per heavy atom. The van der Waals surface area contributed by atoms with Crippen molar-refractivity contribution in [3.63, 3.8) is 0 Å². The van der Waals surface area contributed by atoms with Crippen molar-refractivity contribution < 1.29 is 0 Å². The highest BCUT2D eigenvalue weighted by Crippen LogP contribution is 2.53. The molecular weight excluding hydrogens is 709 g/mol. The van der Waals surface area contributed by atoms with Gasteiger partial charge in [0.15, 0.2) is 0 Å². The molecule has 0 heterocycles. The summed E-state index contributed by atoms with van der Waals surface area (Å²) in [6, 6.07) is 0. The van der Waals surface area contributed by atoms with Gasteiger partial charge in [0.25, 0.3) is 0 Å². The molecule has 7 aliphatic rings. The smallest absolute Gasteiger partial charge is 0.0323 e.